The highest BCUT2D eigenvalue weighted by molar-refractivity contribution is 6.33. The number of phenols is 1. The molecule has 0 bridgehead atoms. The molecule has 0 aliphatic carbocycles. The van der Waals surface area contributed by atoms with Crippen LogP contribution in [0.3, 0.4) is 0 Å². The van der Waals surface area contributed by atoms with E-state index in [1.807, 2.05) is 91.0 Å². The van der Waals surface area contributed by atoms with Gasteiger partial charge in [0, 0.05) is 49.3 Å². The number of para-hydroxylation sites is 1. The van der Waals surface area contributed by atoms with Gasteiger partial charge < -0.3 is 68.8 Å². The molecule has 1 saturated heterocycles. The van der Waals surface area contributed by atoms with Crippen LogP contribution in [0.1, 0.15) is 21.5 Å². The van der Waals surface area contributed by atoms with Crippen LogP contribution in [0.25, 0.3) is 34.4 Å². The first-order chi connectivity index (χ1) is 48.2. The number of aromatic nitrogens is 16. The lowest BCUT2D eigenvalue weighted by Crippen LogP contribution is -2.36. The van der Waals surface area contributed by atoms with Crippen molar-refractivity contribution in [1.29, 1.82) is 10.5 Å². The zero-order valence-electron chi connectivity index (χ0n) is 52.2. The van der Waals surface area contributed by atoms with Crippen molar-refractivity contribution in [1.82, 2.24) is 79.0 Å². The van der Waals surface area contributed by atoms with Gasteiger partial charge in [0.25, 0.3) is 0 Å². The number of nitrogens with two attached hydrogens (primary N) is 4. The normalized spacial score (nSPS) is 11.4. The topological polar surface area (TPSA) is 453 Å². The molecule has 32 nitrogen and oxygen atoms in total. The highest BCUT2D eigenvalue weighted by Gasteiger charge is 2.18. The van der Waals surface area contributed by atoms with Crippen molar-refractivity contribution in [2.75, 3.05) is 82.5 Å². The van der Waals surface area contributed by atoms with Crippen molar-refractivity contribution in [2.24, 2.45) is 0 Å². The Bertz CT molecular complexity index is 4960. The second-order valence-corrected chi connectivity index (χ2v) is 21.1. The Hall–Kier alpha value is -14.2. The molecule has 0 amide bonds. The fourth-order valence-electron chi connectivity index (χ4n) is 9.31. The lowest BCUT2D eigenvalue weighted by atomic mass is 10.0. The Balaban J connectivity index is 0.000000134. The number of rotatable bonds is 16. The molecule has 494 valence electrons. The maximum atomic E-state index is 11.1. The molecule has 0 saturated carbocycles. The van der Waals surface area contributed by atoms with Crippen LogP contribution in [0, 0.1) is 22.7 Å². The molecule has 1 aliphatic heterocycles. The molecular weight excluding hydrogens is 1290 g/mol. The molecular formula is C66H58ClN27O5. The number of methoxy groups -OCH3 is 1. The number of nitriles is 2. The number of anilines is 13. The first-order valence-electron chi connectivity index (χ1n) is 29.7. The third kappa shape index (κ3) is 16.8. The maximum absolute atomic E-state index is 11.1. The molecule has 9 heterocycles. The molecule has 99 heavy (non-hydrogen) atoms. The van der Waals surface area contributed by atoms with E-state index in [0.717, 1.165) is 48.8 Å². The Morgan fingerprint density at radius 2 is 1.01 bits per heavy atom. The van der Waals surface area contributed by atoms with Crippen LogP contribution in [0.5, 0.6) is 11.5 Å². The quantitative estimate of drug-likeness (QED) is 0.0403. The van der Waals surface area contributed by atoms with Gasteiger partial charge in [0.15, 0.2) is 23.3 Å². The van der Waals surface area contributed by atoms with E-state index in [1.165, 1.54) is 50.4 Å². The minimum atomic E-state index is -1.05. The molecule has 8 aromatic heterocycles. The molecule has 0 atom stereocenters. The number of carboxylic acids is 1. The molecule has 0 radical (unpaired) electrons. The summed E-state index contributed by atoms with van der Waals surface area (Å²) in [5.41, 5.74) is 30.2. The number of hydrogen-bond donors (Lipinski definition) is 10. The van der Waals surface area contributed by atoms with Gasteiger partial charge in [-0.3, -0.25) is 0 Å². The zero-order chi connectivity index (χ0) is 69.2. The fourth-order valence-corrected chi connectivity index (χ4v) is 9.49. The summed E-state index contributed by atoms with van der Waals surface area (Å²) in [6.07, 6.45) is 6.17. The summed E-state index contributed by atoms with van der Waals surface area (Å²) < 4.78 is 16.2. The third-order valence-electron chi connectivity index (χ3n) is 14.1. The van der Waals surface area contributed by atoms with Gasteiger partial charge in [-0.25, -0.2) is 24.7 Å². The predicted molar refractivity (Wildman–Crippen MR) is 371 cm³/mol. The number of aromatic hydroxyl groups is 1. The van der Waals surface area contributed by atoms with Gasteiger partial charge in [-0.2, -0.15) is 49.2 Å². The summed E-state index contributed by atoms with van der Waals surface area (Å²) in [6.45, 7) is 3.30. The van der Waals surface area contributed by atoms with Gasteiger partial charge in [0.05, 0.1) is 59.1 Å². The van der Waals surface area contributed by atoms with Gasteiger partial charge in [-0.1, -0.05) is 72.3 Å². The monoisotopic (exact) mass is 1340 g/mol. The van der Waals surface area contributed by atoms with Crippen molar-refractivity contribution < 1.29 is 24.5 Å². The predicted octanol–water partition coefficient (Wildman–Crippen LogP) is 9.27. The molecule has 1 aliphatic rings. The van der Waals surface area contributed by atoms with Crippen LogP contribution < -0.4 is 53.8 Å². The molecule has 14 rings (SSSR count). The third-order valence-corrected chi connectivity index (χ3v) is 14.4. The van der Waals surface area contributed by atoms with Crippen molar-refractivity contribution in [3.8, 4) is 58.0 Å². The number of ether oxygens (including phenoxy) is 2. The summed E-state index contributed by atoms with van der Waals surface area (Å²) in [4.78, 5) is 46.7. The Morgan fingerprint density at radius 3 is 1.48 bits per heavy atom. The number of halogens is 1. The van der Waals surface area contributed by atoms with E-state index in [9.17, 15) is 9.90 Å². The largest absolute Gasteiger partial charge is 0.506 e. The number of pyridine rings is 4. The number of carboxylic acid groups (broad SMARTS) is 1. The van der Waals surface area contributed by atoms with Crippen molar-refractivity contribution in [3.63, 3.8) is 0 Å². The number of carbonyl (C=O) groups is 1. The molecule has 14 N–H and O–H groups in total. The highest BCUT2D eigenvalue weighted by atomic mass is 35.5. The van der Waals surface area contributed by atoms with Gasteiger partial charge in [0.2, 0.25) is 47.6 Å². The Kier molecular flexibility index (Phi) is 20.8. The highest BCUT2D eigenvalue weighted by Crippen LogP contribution is 2.33. The van der Waals surface area contributed by atoms with Crippen LogP contribution in [-0.2, 0) is 4.74 Å². The van der Waals surface area contributed by atoms with Gasteiger partial charge >= 0.3 is 5.97 Å². The Labute approximate surface area is 568 Å². The van der Waals surface area contributed by atoms with Gasteiger partial charge in [0.1, 0.15) is 23.6 Å². The van der Waals surface area contributed by atoms with E-state index in [0.29, 0.717) is 74.1 Å². The lowest BCUT2D eigenvalue weighted by molar-refractivity contribution is 0.0696. The first-order valence-corrected chi connectivity index (χ1v) is 30.1. The van der Waals surface area contributed by atoms with E-state index in [1.54, 1.807) is 85.2 Å². The molecule has 0 spiro atoms. The van der Waals surface area contributed by atoms with E-state index in [-0.39, 0.29) is 47.0 Å². The fraction of sp³-hybridized carbons (Fsp3) is 0.0758. The number of nitrogens with zero attached hydrogens (tertiary/aromatic N) is 19. The second kappa shape index (κ2) is 31.1. The van der Waals surface area contributed by atoms with Gasteiger partial charge in [-0.15, -0.1) is 20.4 Å². The summed E-state index contributed by atoms with van der Waals surface area (Å²) >= 11 is 6.07. The van der Waals surface area contributed by atoms with Gasteiger partial charge in [-0.05, 0) is 126 Å². The number of morpholine rings is 1. The van der Waals surface area contributed by atoms with Crippen LogP contribution in [-0.4, -0.2) is 129 Å². The number of phenolic OH excluding ortho intramolecular Hbond substituents is 1. The van der Waals surface area contributed by atoms with Crippen LogP contribution >= 0.6 is 11.6 Å². The summed E-state index contributed by atoms with van der Waals surface area (Å²) in [5, 5.41) is 66.6. The molecule has 33 heteroatoms. The van der Waals surface area contributed by atoms with Crippen LogP contribution in [0.15, 0.2) is 201 Å². The number of benzene rings is 5. The van der Waals surface area contributed by atoms with Crippen molar-refractivity contribution >= 4 is 93.6 Å². The Morgan fingerprint density at radius 1 is 0.525 bits per heavy atom. The standard InChI is InChI=1S/C19H16N6O.C18H18N8O.C15H14N6O3.C14H10ClN7/c20-18-23-19(24-25(18)17-8-4-5-11-21-17)22-15-12-14(9-10-16(15)26)13-6-2-1-3-7-13;19-11-13-1-6-16(21-12-13)26-17(20)23-18(24-26)22-14-2-4-15(5-3-14)25-7-9-27-10-8-25;1-24-11-6-5-9(13(22)23)8-10(11)18-15-19-14(16)21(20-15)12-4-2-3-7-17-12;15-10-3-1-2-4-11(10)19-14-20-13(17)22(21-14)12-6-5-9(7-16)8-18-12/h1-12,26H,(H3,20,22,23,24);1-6,12H,7-10H2,(H3,20,22,23,24);2-8H,1H3,(H,22,23)(H3,16,18,19,20);1-6,8H,(H3,17,19,20,21). The van der Waals surface area contributed by atoms with E-state index in [4.69, 9.17) is 59.6 Å². The van der Waals surface area contributed by atoms with Crippen molar-refractivity contribution in [2.45, 2.75) is 0 Å². The van der Waals surface area contributed by atoms with Crippen molar-refractivity contribution in [3.05, 3.63) is 222 Å². The smallest absolute Gasteiger partial charge is 0.335 e. The average Bonchev–Trinajstić information content (AvgIpc) is 1.23. The maximum Gasteiger partial charge on any atom is 0.335 e. The molecule has 5 aromatic carbocycles. The van der Waals surface area contributed by atoms with Crippen LogP contribution in [0.2, 0.25) is 5.02 Å². The van der Waals surface area contributed by atoms with Crippen LogP contribution in [0.4, 0.5) is 76.0 Å². The number of nitrogens with one attached hydrogen (secondary N) is 4. The number of hydrogen-bond acceptors (Lipinski definition) is 27. The number of aromatic carboxylic acids is 1. The SMILES string of the molecule is COc1ccc(C(=O)O)cc1Nc1nc(N)n(-c2ccccn2)n1.N#Cc1ccc(-n2nc(Nc3ccc(N4CCOCC4)cc3)nc2N)nc1.N#Cc1ccc(-n2nc(Nc3ccccc3Cl)nc2N)nc1.Nc1nc(Nc2cc(-c3ccccc3)ccc2O)nn1-c1ccccn1. The molecule has 1 fully saturated rings. The lowest BCUT2D eigenvalue weighted by Gasteiger charge is -2.28. The molecule has 13 aromatic rings. The number of nitrogen functional groups attached to an aromatic ring is 4. The second-order valence-electron chi connectivity index (χ2n) is 20.7. The minimum absolute atomic E-state index is 0.0949. The minimum Gasteiger partial charge on any atom is -0.506 e. The summed E-state index contributed by atoms with van der Waals surface area (Å²) in [6, 6.07) is 56.3. The molecule has 0 unspecified atom stereocenters. The zero-order valence-corrected chi connectivity index (χ0v) is 52.9. The summed E-state index contributed by atoms with van der Waals surface area (Å²) in [7, 11) is 1.48. The summed E-state index contributed by atoms with van der Waals surface area (Å²) in [5.74, 6) is 3.40. The van der Waals surface area contributed by atoms with E-state index < -0.39 is 5.97 Å². The average molecular weight is 1340 g/mol. The van der Waals surface area contributed by atoms with E-state index >= 15 is 0 Å². The van der Waals surface area contributed by atoms with E-state index in [2.05, 4.69) is 98.6 Å². The first kappa shape index (κ1) is 66.2.